The molecule has 1 saturated heterocycles. The van der Waals surface area contributed by atoms with Gasteiger partial charge in [-0.3, -0.25) is 0 Å². The summed E-state index contributed by atoms with van der Waals surface area (Å²) in [4.78, 5) is 2.29. The van der Waals surface area contributed by atoms with E-state index in [4.69, 9.17) is 5.73 Å². The molecule has 0 aromatic carbocycles. The fourth-order valence-electron chi connectivity index (χ4n) is 1.91. The zero-order valence-electron chi connectivity index (χ0n) is 9.28. The van der Waals surface area contributed by atoms with E-state index in [1.54, 1.807) is 0 Å². The van der Waals surface area contributed by atoms with Crippen molar-refractivity contribution in [2.75, 3.05) is 31.9 Å². The highest BCUT2D eigenvalue weighted by Gasteiger charge is 2.18. The maximum Gasteiger partial charge on any atom is 0.213 e. The predicted octanol–water partition coefficient (Wildman–Crippen LogP) is -0.651. The Hall–Kier alpha value is -0.170. The molecule has 0 aliphatic carbocycles. The van der Waals surface area contributed by atoms with Crippen molar-refractivity contribution < 1.29 is 8.42 Å². The zero-order valence-corrected chi connectivity index (χ0v) is 10.1. The third kappa shape index (κ3) is 4.92. The second-order valence-corrected chi connectivity index (χ2v) is 6.01. The Kier molecular flexibility index (Phi) is 4.98. The molecule has 15 heavy (non-hydrogen) atoms. The minimum absolute atomic E-state index is 0.0112. The molecule has 0 aromatic heterocycles. The van der Waals surface area contributed by atoms with Crippen molar-refractivity contribution in [3.05, 3.63) is 0 Å². The molecule has 1 aliphatic rings. The standard InChI is InChI=1S/C9H21N3O2S/c1-9(8-12-5-2-3-6-12)11-15(13,14)7-4-10/h9,11H,2-8,10H2,1H3. The average molecular weight is 235 g/mol. The van der Waals surface area contributed by atoms with Crippen LogP contribution in [0.2, 0.25) is 0 Å². The molecule has 90 valence electrons. The van der Waals surface area contributed by atoms with E-state index in [0.717, 1.165) is 19.6 Å². The summed E-state index contributed by atoms with van der Waals surface area (Å²) in [5.74, 6) is 0.0112. The second kappa shape index (κ2) is 5.79. The summed E-state index contributed by atoms with van der Waals surface area (Å²) < 4.78 is 25.4. The Balaban J connectivity index is 2.31. The van der Waals surface area contributed by atoms with Crippen LogP contribution in [0, 0.1) is 0 Å². The summed E-state index contributed by atoms with van der Waals surface area (Å²) in [6, 6.07) is -0.0281. The quantitative estimate of drug-likeness (QED) is 0.641. The van der Waals surface area contributed by atoms with Crippen LogP contribution in [0.5, 0.6) is 0 Å². The summed E-state index contributed by atoms with van der Waals surface area (Å²) in [6.45, 7) is 5.04. The minimum Gasteiger partial charge on any atom is -0.329 e. The molecule has 6 heteroatoms. The third-order valence-corrected chi connectivity index (χ3v) is 4.03. The molecule has 3 N–H and O–H groups in total. The largest absolute Gasteiger partial charge is 0.329 e. The molecule has 1 atom stereocenters. The molecule has 0 aromatic rings. The van der Waals surface area contributed by atoms with Gasteiger partial charge in [0.05, 0.1) is 5.75 Å². The van der Waals surface area contributed by atoms with Crippen molar-refractivity contribution in [1.82, 2.24) is 9.62 Å². The van der Waals surface area contributed by atoms with E-state index in [2.05, 4.69) is 9.62 Å². The highest BCUT2D eigenvalue weighted by molar-refractivity contribution is 7.89. The number of hydrogen-bond acceptors (Lipinski definition) is 4. The molecule has 1 rings (SSSR count). The summed E-state index contributed by atoms with van der Waals surface area (Å²) in [6.07, 6.45) is 2.45. The molecule has 1 aliphatic heterocycles. The van der Waals surface area contributed by atoms with Crippen molar-refractivity contribution in [2.24, 2.45) is 5.73 Å². The highest BCUT2D eigenvalue weighted by atomic mass is 32.2. The van der Waals surface area contributed by atoms with Crippen LogP contribution in [-0.4, -0.2) is 51.3 Å². The molecular weight excluding hydrogens is 214 g/mol. The maximum absolute atomic E-state index is 11.4. The summed E-state index contributed by atoms with van der Waals surface area (Å²) in [5.41, 5.74) is 5.22. The fourth-order valence-corrected chi connectivity index (χ4v) is 3.03. The van der Waals surface area contributed by atoms with Gasteiger partial charge in [-0.1, -0.05) is 0 Å². The lowest BCUT2D eigenvalue weighted by Gasteiger charge is -2.20. The fraction of sp³-hybridized carbons (Fsp3) is 1.00. The van der Waals surface area contributed by atoms with Crippen LogP contribution in [0.3, 0.4) is 0 Å². The Morgan fingerprint density at radius 1 is 1.40 bits per heavy atom. The number of likely N-dealkylation sites (tertiary alicyclic amines) is 1. The van der Waals surface area contributed by atoms with Crippen molar-refractivity contribution in [3.8, 4) is 0 Å². The number of nitrogens with zero attached hydrogens (tertiary/aromatic N) is 1. The van der Waals surface area contributed by atoms with Gasteiger partial charge in [0.2, 0.25) is 10.0 Å². The van der Waals surface area contributed by atoms with Crippen molar-refractivity contribution >= 4 is 10.0 Å². The Morgan fingerprint density at radius 2 is 2.00 bits per heavy atom. The van der Waals surface area contributed by atoms with Crippen LogP contribution < -0.4 is 10.5 Å². The average Bonchev–Trinajstić information content (AvgIpc) is 2.54. The highest BCUT2D eigenvalue weighted by Crippen LogP contribution is 2.07. The van der Waals surface area contributed by atoms with E-state index in [-0.39, 0.29) is 18.3 Å². The van der Waals surface area contributed by atoms with Crippen molar-refractivity contribution in [2.45, 2.75) is 25.8 Å². The van der Waals surface area contributed by atoms with E-state index in [0.29, 0.717) is 0 Å². The van der Waals surface area contributed by atoms with E-state index in [1.807, 2.05) is 6.92 Å². The second-order valence-electron chi connectivity index (χ2n) is 4.13. The minimum atomic E-state index is -3.17. The van der Waals surface area contributed by atoms with E-state index in [9.17, 15) is 8.42 Å². The van der Waals surface area contributed by atoms with Gasteiger partial charge in [-0.05, 0) is 32.9 Å². The van der Waals surface area contributed by atoms with Gasteiger partial charge in [0.15, 0.2) is 0 Å². The van der Waals surface area contributed by atoms with Gasteiger partial charge < -0.3 is 10.6 Å². The van der Waals surface area contributed by atoms with Gasteiger partial charge in [0.1, 0.15) is 0 Å². The van der Waals surface area contributed by atoms with E-state index in [1.165, 1.54) is 12.8 Å². The molecule has 1 fully saturated rings. The number of sulfonamides is 1. The summed E-state index contributed by atoms with van der Waals surface area (Å²) in [5, 5.41) is 0. The van der Waals surface area contributed by atoms with E-state index >= 15 is 0 Å². The smallest absolute Gasteiger partial charge is 0.213 e. The first-order valence-electron chi connectivity index (χ1n) is 5.46. The zero-order chi connectivity index (χ0) is 11.3. The SMILES string of the molecule is CC(CN1CCCC1)NS(=O)(=O)CCN. The van der Waals surface area contributed by atoms with Gasteiger partial charge in [0.25, 0.3) is 0 Å². The van der Waals surface area contributed by atoms with Gasteiger partial charge in [-0.2, -0.15) is 0 Å². The monoisotopic (exact) mass is 235 g/mol. The molecule has 0 spiro atoms. The predicted molar refractivity (Wildman–Crippen MR) is 61.1 cm³/mol. The first-order valence-corrected chi connectivity index (χ1v) is 7.11. The van der Waals surface area contributed by atoms with Gasteiger partial charge in [0, 0.05) is 19.1 Å². The summed E-state index contributed by atoms with van der Waals surface area (Å²) >= 11 is 0. The van der Waals surface area contributed by atoms with Crippen LogP contribution in [0.25, 0.3) is 0 Å². The first kappa shape index (κ1) is 12.9. The molecule has 1 heterocycles. The van der Waals surface area contributed by atoms with Crippen LogP contribution in [0.15, 0.2) is 0 Å². The maximum atomic E-state index is 11.4. The Morgan fingerprint density at radius 3 is 2.53 bits per heavy atom. The number of rotatable bonds is 6. The molecule has 0 radical (unpaired) electrons. The van der Waals surface area contributed by atoms with Gasteiger partial charge in [-0.15, -0.1) is 0 Å². The third-order valence-electron chi connectivity index (χ3n) is 2.50. The molecule has 0 bridgehead atoms. The lowest BCUT2D eigenvalue weighted by molar-refractivity contribution is 0.313. The Bertz CT molecular complexity index is 273. The van der Waals surface area contributed by atoms with Crippen LogP contribution >= 0.6 is 0 Å². The molecule has 5 nitrogen and oxygen atoms in total. The number of hydrogen-bond donors (Lipinski definition) is 2. The summed E-state index contributed by atoms with van der Waals surface area (Å²) in [7, 11) is -3.17. The van der Waals surface area contributed by atoms with E-state index < -0.39 is 10.0 Å². The Labute approximate surface area is 92.1 Å². The molecule has 0 saturated carbocycles. The lowest BCUT2D eigenvalue weighted by atomic mass is 10.3. The topological polar surface area (TPSA) is 75.4 Å². The molecular formula is C9H21N3O2S. The molecule has 0 amide bonds. The van der Waals surface area contributed by atoms with Gasteiger partial charge >= 0.3 is 0 Å². The number of nitrogens with one attached hydrogen (secondary N) is 1. The van der Waals surface area contributed by atoms with Crippen molar-refractivity contribution in [3.63, 3.8) is 0 Å². The first-order chi connectivity index (χ1) is 7.03. The molecule has 1 unspecified atom stereocenters. The van der Waals surface area contributed by atoms with Crippen LogP contribution in [-0.2, 0) is 10.0 Å². The lowest BCUT2D eigenvalue weighted by Crippen LogP contribution is -2.42. The number of nitrogens with two attached hydrogens (primary N) is 1. The van der Waals surface area contributed by atoms with Crippen molar-refractivity contribution in [1.29, 1.82) is 0 Å². The van der Waals surface area contributed by atoms with Gasteiger partial charge in [-0.25, -0.2) is 13.1 Å². The van der Waals surface area contributed by atoms with Crippen LogP contribution in [0.4, 0.5) is 0 Å². The van der Waals surface area contributed by atoms with Crippen LogP contribution in [0.1, 0.15) is 19.8 Å². The normalized spacial score (nSPS) is 20.7.